The van der Waals surface area contributed by atoms with Crippen LogP contribution in [0.1, 0.15) is 49.0 Å². The third-order valence-electron chi connectivity index (χ3n) is 5.18. The van der Waals surface area contributed by atoms with Crippen molar-refractivity contribution >= 4 is 5.78 Å². The summed E-state index contributed by atoms with van der Waals surface area (Å²) in [5.74, 6) is 1.56. The molecule has 0 saturated carbocycles. The van der Waals surface area contributed by atoms with Gasteiger partial charge in [-0.05, 0) is 49.6 Å². The summed E-state index contributed by atoms with van der Waals surface area (Å²) in [6.07, 6.45) is 5.44. The van der Waals surface area contributed by atoms with Gasteiger partial charge < -0.3 is 9.26 Å². The van der Waals surface area contributed by atoms with Crippen molar-refractivity contribution in [3.05, 3.63) is 47.8 Å². The van der Waals surface area contributed by atoms with Gasteiger partial charge in [0, 0.05) is 18.0 Å². The van der Waals surface area contributed by atoms with E-state index in [0.29, 0.717) is 29.4 Å². The number of aromatic nitrogens is 3. The molecular formula is C21H21N3O3. The number of hydrogen-bond acceptors (Lipinski definition) is 6. The zero-order valence-corrected chi connectivity index (χ0v) is 15.7. The van der Waals surface area contributed by atoms with Crippen LogP contribution in [-0.2, 0) is 0 Å². The van der Waals surface area contributed by atoms with Gasteiger partial charge in [-0.1, -0.05) is 19.0 Å². The Morgan fingerprint density at radius 1 is 1.11 bits per heavy atom. The number of pyridine rings is 1. The van der Waals surface area contributed by atoms with Crippen molar-refractivity contribution in [2.45, 2.75) is 45.6 Å². The number of hydrogen-bond donors (Lipinski definition) is 0. The standard InChI is InChI=1S/C21H21N3O3/c1-4-21(5-2)10-17(25)16-9-14(6-7-18(16)26-21)19-23-20(27-24-19)15-8-13(3)11-22-12-15/h6-9,11-12H,4-5,10H2,1-3H3. The molecule has 1 aliphatic heterocycles. The van der Waals surface area contributed by atoms with E-state index < -0.39 is 5.60 Å². The van der Waals surface area contributed by atoms with Gasteiger partial charge in [0.1, 0.15) is 11.4 Å². The Hall–Kier alpha value is -3.02. The maximum Gasteiger partial charge on any atom is 0.259 e. The number of ketones is 1. The van der Waals surface area contributed by atoms with Gasteiger partial charge >= 0.3 is 0 Å². The van der Waals surface area contributed by atoms with Crippen LogP contribution in [0.3, 0.4) is 0 Å². The second-order valence-corrected chi connectivity index (χ2v) is 6.98. The van der Waals surface area contributed by atoms with Crippen LogP contribution in [-0.4, -0.2) is 26.5 Å². The molecule has 3 aromatic rings. The van der Waals surface area contributed by atoms with Crippen LogP contribution < -0.4 is 4.74 Å². The Labute approximate surface area is 157 Å². The molecule has 0 radical (unpaired) electrons. The van der Waals surface area contributed by atoms with Crippen LogP contribution in [0.25, 0.3) is 22.8 Å². The first-order valence-corrected chi connectivity index (χ1v) is 9.16. The van der Waals surface area contributed by atoms with Gasteiger partial charge in [-0.3, -0.25) is 9.78 Å². The molecule has 3 heterocycles. The predicted molar refractivity (Wildman–Crippen MR) is 101 cm³/mol. The molecule has 0 spiro atoms. The number of carbonyl (C=O) groups is 1. The maximum atomic E-state index is 12.7. The monoisotopic (exact) mass is 363 g/mol. The van der Waals surface area contributed by atoms with Gasteiger partial charge in [-0.2, -0.15) is 4.98 Å². The Balaban J connectivity index is 1.68. The molecule has 6 nitrogen and oxygen atoms in total. The first kappa shape index (κ1) is 17.4. The van der Waals surface area contributed by atoms with Gasteiger partial charge in [0.05, 0.1) is 17.5 Å². The Kier molecular flexibility index (Phi) is 4.26. The van der Waals surface area contributed by atoms with Crippen LogP contribution in [0.15, 0.2) is 41.2 Å². The van der Waals surface area contributed by atoms with E-state index in [1.165, 1.54) is 0 Å². The largest absolute Gasteiger partial charge is 0.486 e. The number of ether oxygens (including phenoxy) is 1. The third kappa shape index (κ3) is 3.12. The van der Waals surface area contributed by atoms with Crippen LogP contribution in [0, 0.1) is 6.92 Å². The van der Waals surface area contributed by atoms with Crippen molar-refractivity contribution in [3.63, 3.8) is 0 Å². The highest BCUT2D eigenvalue weighted by Crippen LogP contribution is 2.38. The van der Waals surface area contributed by atoms with Crippen LogP contribution in [0.5, 0.6) is 5.75 Å². The van der Waals surface area contributed by atoms with Crippen molar-refractivity contribution in [2.24, 2.45) is 0 Å². The summed E-state index contributed by atoms with van der Waals surface area (Å²) in [4.78, 5) is 21.3. The highest BCUT2D eigenvalue weighted by molar-refractivity contribution is 6.01. The smallest absolute Gasteiger partial charge is 0.259 e. The molecule has 0 unspecified atom stereocenters. The molecule has 0 fully saturated rings. The van der Waals surface area contributed by atoms with Gasteiger partial charge in [0.15, 0.2) is 5.78 Å². The second kappa shape index (κ2) is 6.61. The van der Waals surface area contributed by atoms with Gasteiger partial charge in [0.2, 0.25) is 5.82 Å². The van der Waals surface area contributed by atoms with E-state index in [9.17, 15) is 4.79 Å². The van der Waals surface area contributed by atoms with Crippen molar-refractivity contribution in [3.8, 4) is 28.6 Å². The maximum absolute atomic E-state index is 12.7. The minimum Gasteiger partial charge on any atom is -0.486 e. The lowest BCUT2D eigenvalue weighted by atomic mass is 9.85. The molecule has 0 bridgehead atoms. The highest BCUT2D eigenvalue weighted by Gasteiger charge is 2.37. The fourth-order valence-corrected chi connectivity index (χ4v) is 3.41. The lowest BCUT2D eigenvalue weighted by Gasteiger charge is -2.36. The molecule has 138 valence electrons. The summed E-state index contributed by atoms with van der Waals surface area (Å²) in [5.41, 5.74) is 2.68. The summed E-state index contributed by atoms with van der Waals surface area (Å²) in [6, 6.07) is 7.41. The van der Waals surface area contributed by atoms with Crippen molar-refractivity contribution in [2.75, 3.05) is 0 Å². The zero-order valence-electron chi connectivity index (χ0n) is 15.7. The molecular weight excluding hydrogens is 342 g/mol. The quantitative estimate of drug-likeness (QED) is 0.672. The van der Waals surface area contributed by atoms with E-state index in [1.54, 1.807) is 18.5 Å². The second-order valence-electron chi connectivity index (χ2n) is 6.98. The van der Waals surface area contributed by atoms with E-state index in [0.717, 1.165) is 29.5 Å². The number of fused-ring (bicyclic) bond motifs is 1. The number of aryl methyl sites for hydroxylation is 1. The molecule has 0 aliphatic carbocycles. The Morgan fingerprint density at radius 2 is 1.93 bits per heavy atom. The number of carbonyl (C=O) groups excluding carboxylic acids is 1. The number of rotatable bonds is 4. The fraction of sp³-hybridized carbons (Fsp3) is 0.333. The third-order valence-corrected chi connectivity index (χ3v) is 5.18. The van der Waals surface area contributed by atoms with Crippen LogP contribution in [0.4, 0.5) is 0 Å². The lowest BCUT2D eigenvalue weighted by molar-refractivity contribution is 0.0350. The average molecular weight is 363 g/mol. The SMILES string of the molecule is CCC1(CC)CC(=O)c2cc(-c3noc(-c4cncc(C)c4)n3)ccc2O1. The lowest BCUT2D eigenvalue weighted by Crippen LogP contribution is -2.40. The van der Waals surface area contributed by atoms with Crippen LogP contribution in [0.2, 0.25) is 0 Å². The highest BCUT2D eigenvalue weighted by atomic mass is 16.5. The number of nitrogens with zero attached hydrogens (tertiary/aromatic N) is 3. The minimum absolute atomic E-state index is 0.0911. The topological polar surface area (TPSA) is 78.1 Å². The molecule has 1 aliphatic rings. The number of Topliss-reactive ketones (excluding diaryl/α,β-unsaturated/α-hetero) is 1. The van der Waals surface area contributed by atoms with E-state index in [1.807, 2.05) is 25.1 Å². The van der Waals surface area contributed by atoms with Gasteiger partial charge in [-0.15, -0.1) is 0 Å². The molecule has 4 rings (SSSR count). The first-order chi connectivity index (χ1) is 13.0. The van der Waals surface area contributed by atoms with Gasteiger partial charge in [0.25, 0.3) is 5.89 Å². The average Bonchev–Trinajstić information content (AvgIpc) is 3.18. The van der Waals surface area contributed by atoms with E-state index in [4.69, 9.17) is 9.26 Å². The van der Waals surface area contributed by atoms with Gasteiger partial charge in [-0.25, -0.2) is 0 Å². The van der Waals surface area contributed by atoms with E-state index in [-0.39, 0.29) is 5.78 Å². The fourth-order valence-electron chi connectivity index (χ4n) is 3.41. The normalized spacial score (nSPS) is 15.3. The van der Waals surface area contributed by atoms with Crippen molar-refractivity contribution in [1.29, 1.82) is 0 Å². The molecule has 0 amide bonds. The van der Waals surface area contributed by atoms with Crippen molar-refractivity contribution < 1.29 is 14.1 Å². The molecule has 0 saturated heterocycles. The van der Waals surface area contributed by atoms with Crippen LogP contribution >= 0.6 is 0 Å². The number of benzene rings is 1. The molecule has 2 aromatic heterocycles. The first-order valence-electron chi connectivity index (χ1n) is 9.16. The van der Waals surface area contributed by atoms with E-state index >= 15 is 0 Å². The van der Waals surface area contributed by atoms with E-state index in [2.05, 4.69) is 29.0 Å². The predicted octanol–water partition coefficient (Wildman–Crippen LogP) is 4.63. The molecule has 6 heteroatoms. The zero-order chi connectivity index (χ0) is 19.0. The Bertz CT molecular complexity index is 1010. The molecule has 0 N–H and O–H groups in total. The summed E-state index contributed by atoms with van der Waals surface area (Å²) < 4.78 is 11.6. The molecule has 0 atom stereocenters. The summed E-state index contributed by atoms with van der Waals surface area (Å²) in [7, 11) is 0. The van der Waals surface area contributed by atoms with Crippen molar-refractivity contribution in [1.82, 2.24) is 15.1 Å². The molecule has 27 heavy (non-hydrogen) atoms. The summed E-state index contributed by atoms with van der Waals surface area (Å²) >= 11 is 0. The Morgan fingerprint density at radius 3 is 2.67 bits per heavy atom. The molecule has 1 aromatic carbocycles. The summed E-state index contributed by atoms with van der Waals surface area (Å²) in [6.45, 7) is 6.06. The summed E-state index contributed by atoms with van der Waals surface area (Å²) in [5, 5.41) is 4.06. The minimum atomic E-state index is -0.400.